The van der Waals surface area contributed by atoms with Gasteiger partial charge in [-0.2, -0.15) is 0 Å². The van der Waals surface area contributed by atoms with Crippen LogP contribution in [0.4, 0.5) is 0 Å². The van der Waals surface area contributed by atoms with Crippen LogP contribution in [0.5, 0.6) is 0 Å². The van der Waals surface area contributed by atoms with Crippen LogP contribution in [0.2, 0.25) is 0 Å². The molecule has 0 bridgehead atoms. The summed E-state index contributed by atoms with van der Waals surface area (Å²) in [6.07, 6.45) is 1.20. The largest absolute Gasteiger partial charge is 0.469 e. The van der Waals surface area contributed by atoms with Crippen LogP contribution in [-0.4, -0.2) is 20.1 Å². The minimum atomic E-state index is -0.161. The van der Waals surface area contributed by atoms with Crippen LogP contribution in [0, 0.1) is 0 Å². The van der Waals surface area contributed by atoms with E-state index in [1.54, 1.807) is 0 Å². The molecule has 1 aromatic carbocycles. The molecular formula is C12H17NO2. The molecule has 0 aromatic heterocycles. The predicted molar refractivity (Wildman–Crippen MR) is 59.5 cm³/mol. The standard InChI is InChI=1S/C12H17NO2/c1-13-11(8-9-12(14)15-2)10-6-4-3-5-7-10/h3-7,11,13H,8-9H2,1-2H3. The van der Waals surface area contributed by atoms with Crippen molar-refractivity contribution in [3.63, 3.8) is 0 Å². The van der Waals surface area contributed by atoms with Crippen molar-refractivity contribution in [2.24, 2.45) is 0 Å². The summed E-state index contributed by atoms with van der Waals surface area (Å²) in [6, 6.07) is 10.3. The van der Waals surface area contributed by atoms with Gasteiger partial charge in [0.15, 0.2) is 0 Å². The molecular weight excluding hydrogens is 190 g/mol. The first-order valence-corrected chi connectivity index (χ1v) is 5.07. The summed E-state index contributed by atoms with van der Waals surface area (Å²) < 4.78 is 4.61. The lowest BCUT2D eigenvalue weighted by Gasteiger charge is -2.15. The van der Waals surface area contributed by atoms with E-state index in [9.17, 15) is 4.79 Å². The lowest BCUT2D eigenvalue weighted by Crippen LogP contribution is -2.17. The highest BCUT2D eigenvalue weighted by molar-refractivity contribution is 5.69. The van der Waals surface area contributed by atoms with Crippen LogP contribution >= 0.6 is 0 Å². The van der Waals surface area contributed by atoms with Crippen molar-refractivity contribution in [3.05, 3.63) is 35.9 Å². The first kappa shape index (κ1) is 11.7. The smallest absolute Gasteiger partial charge is 0.305 e. The third-order valence-electron chi connectivity index (χ3n) is 2.42. The van der Waals surface area contributed by atoms with Gasteiger partial charge >= 0.3 is 5.97 Å². The molecule has 0 spiro atoms. The highest BCUT2D eigenvalue weighted by Crippen LogP contribution is 2.17. The van der Waals surface area contributed by atoms with Gasteiger partial charge < -0.3 is 10.1 Å². The van der Waals surface area contributed by atoms with E-state index in [4.69, 9.17) is 0 Å². The molecule has 15 heavy (non-hydrogen) atoms. The zero-order valence-electron chi connectivity index (χ0n) is 9.19. The average molecular weight is 207 g/mol. The zero-order valence-corrected chi connectivity index (χ0v) is 9.19. The third-order valence-corrected chi connectivity index (χ3v) is 2.42. The van der Waals surface area contributed by atoms with Crippen molar-refractivity contribution in [2.75, 3.05) is 14.2 Å². The van der Waals surface area contributed by atoms with E-state index in [1.807, 2.05) is 25.2 Å². The zero-order chi connectivity index (χ0) is 11.1. The molecule has 3 heteroatoms. The van der Waals surface area contributed by atoms with E-state index >= 15 is 0 Å². The predicted octanol–water partition coefficient (Wildman–Crippen LogP) is 1.90. The summed E-state index contributed by atoms with van der Waals surface area (Å²) in [4.78, 5) is 11.0. The van der Waals surface area contributed by atoms with Gasteiger partial charge in [0.05, 0.1) is 7.11 Å². The Morgan fingerprint density at radius 1 is 1.40 bits per heavy atom. The summed E-state index contributed by atoms with van der Waals surface area (Å²) in [7, 11) is 3.31. The van der Waals surface area contributed by atoms with E-state index in [-0.39, 0.29) is 12.0 Å². The Balaban J connectivity index is 2.53. The molecule has 0 aliphatic carbocycles. The molecule has 82 valence electrons. The molecule has 0 saturated heterocycles. The van der Waals surface area contributed by atoms with Crippen LogP contribution in [0.1, 0.15) is 24.4 Å². The number of methoxy groups -OCH3 is 1. The van der Waals surface area contributed by atoms with Crippen molar-refractivity contribution >= 4 is 5.97 Å². The second kappa shape index (κ2) is 6.19. The van der Waals surface area contributed by atoms with Gasteiger partial charge in [-0.05, 0) is 19.0 Å². The lowest BCUT2D eigenvalue weighted by atomic mass is 10.0. The van der Waals surface area contributed by atoms with Crippen molar-refractivity contribution in [2.45, 2.75) is 18.9 Å². The highest BCUT2D eigenvalue weighted by Gasteiger charge is 2.10. The quantitative estimate of drug-likeness (QED) is 0.749. The number of carbonyl (C=O) groups is 1. The molecule has 0 saturated carbocycles. The summed E-state index contributed by atoms with van der Waals surface area (Å²) in [5, 5.41) is 3.19. The molecule has 0 aliphatic heterocycles. The first-order valence-electron chi connectivity index (χ1n) is 5.07. The van der Waals surface area contributed by atoms with E-state index < -0.39 is 0 Å². The van der Waals surface area contributed by atoms with E-state index in [0.717, 1.165) is 6.42 Å². The maximum atomic E-state index is 11.0. The molecule has 3 nitrogen and oxygen atoms in total. The highest BCUT2D eigenvalue weighted by atomic mass is 16.5. The Hall–Kier alpha value is -1.35. The molecule has 0 heterocycles. The Morgan fingerprint density at radius 2 is 2.07 bits per heavy atom. The van der Waals surface area contributed by atoms with E-state index in [1.165, 1.54) is 12.7 Å². The van der Waals surface area contributed by atoms with Gasteiger partial charge in [0.2, 0.25) is 0 Å². The average Bonchev–Trinajstić information content (AvgIpc) is 2.31. The van der Waals surface area contributed by atoms with Gasteiger partial charge in [-0.1, -0.05) is 30.3 Å². The molecule has 1 aromatic rings. The lowest BCUT2D eigenvalue weighted by molar-refractivity contribution is -0.140. The van der Waals surface area contributed by atoms with Crippen LogP contribution in [0.25, 0.3) is 0 Å². The fraction of sp³-hybridized carbons (Fsp3) is 0.417. The molecule has 0 fully saturated rings. The summed E-state index contributed by atoms with van der Waals surface area (Å²) in [6.45, 7) is 0. The minimum Gasteiger partial charge on any atom is -0.469 e. The van der Waals surface area contributed by atoms with Crippen LogP contribution < -0.4 is 5.32 Å². The monoisotopic (exact) mass is 207 g/mol. The maximum absolute atomic E-state index is 11.0. The Morgan fingerprint density at radius 3 is 2.60 bits per heavy atom. The molecule has 0 aliphatic rings. The number of hydrogen-bond acceptors (Lipinski definition) is 3. The molecule has 0 radical (unpaired) electrons. The Labute approximate surface area is 90.4 Å². The normalized spacial score (nSPS) is 12.1. The molecule has 1 atom stereocenters. The molecule has 1 unspecified atom stereocenters. The van der Waals surface area contributed by atoms with Gasteiger partial charge in [-0.3, -0.25) is 4.79 Å². The topological polar surface area (TPSA) is 38.3 Å². The van der Waals surface area contributed by atoms with E-state index in [2.05, 4.69) is 22.2 Å². The SMILES string of the molecule is CNC(CCC(=O)OC)c1ccccc1. The molecule has 1 rings (SSSR count). The van der Waals surface area contributed by atoms with Crippen LogP contribution in [0.3, 0.4) is 0 Å². The van der Waals surface area contributed by atoms with Crippen LogP contribution in [-0.2, 0) is 9.53 Å². The number of esters is 1. The third kappa shape index (κ3) is 3.72. The van der Waals surface area contributed by atoms with Crippen molar-refractivity contribution in [1.29, 1.82) is 0 Å². The van der Waals surface area contributed by atoms with Crippen molar-refractivity contribution in [1.82, 2.24) is 5.32 Å². The number of benzene rings is 1. The van der Waals surface area contributed by atoms with Crippen molar-refractivity contribution in [3.8, 4) is 0 Å². The van der Waals surface area contributed by atoms with Gasteiger partial charge in [0.1, 0.15) is 0 Å². The molecule has 1 N–H and O–H groups in total. The van der Waals surface area contributed by atoms with E-state index in [0.29, 0.717) is 6.42 Å². The number of ether oxygens (including phenoxy) is 1. The minimum absolute atomic E-state index is 0.161. The second-order valence-electron chi connectivity index (χ2n) is 3.37. The molecule has 0 amide bonds. The fourth-order valence-corrected chi connectivity index (χ4v) is 1.53. The fourth-order valence-electron chi connectivity index (χ4n) is 1.53. The Kier molecular flexibility index (Phi) is 4.84. The van der Waals surface area contributed by atoms with Crippen LogP contribution in [0.15, 0.2) is 30.3 Å². The van der Waals surface area contributed by atoms with Gasteiger partial charge in [0.25, 0.3) is 0 Å². The maximum Gasteiger partial charge on any atom is 0.305 e. The number of nitrogens with one attached hydrogen (secondary N) is 1. The number of rotatable bonds is 5. The van der Waals surface area contributed by atoms with Gasteiger partial charge in [0, 0.05) is 12.5 Å². The number of hydrogen-bond donors (Lipinski definition) is 1. The van der Waals surface area contributed by atoms with Crippen molar-refractivity contribution < 1.29 is 9.53 Å². The summed E-state index contributed by atoms with van der Waals surface area (Å²) in [5.41, 5.74) is 1.20. The number of carbonyl (C=O) groups excluding carboxylic acids is 1. The second-order valence-corrected chi connectivity index (χ2v) is 3.37. The first-order chi connectivity index (χ1) is 7.27. The van der Waals surface area contributed by atoms with Gasteiger partial charge in [-0.25, -0.2) is 0 Å². The summed E-state index contributed by atoms with van der Waals surface area (Å²) in [5.74, 6) is -0.161. The van der Waals surface area contributed by atoms with Gasteiger partial charge in [-0.15, -0.1) is 0 Å². The Bertz CT molecular complexity index is 298. The summed E-state index contributed by atoms with van der Waals surface area (Å²) >= 11 is 0.